The van der Waals surface area contributed by atoms with E-state index in [2.05, 4.69) is 15.5 Å². The van der Waals surface area contributed by atoms with Crippen molar-refractivity contribution in [2.45, 2.75) is 6.92 Å². The minimum atomic E-state index is 0.165. The van der Waals surface area contributed by atoms with Crippen LogP contribution in [0.15, 0.2) is 24.5 Å². The first kappa shape index (κ1) is 7.72. The number of hydrogen-bond donors (Lipinski definition) is 1. The number of aromatic nitrogens is 4. The van der Waals surface area contributed by atoms with Gasteiger partial charge in [0.05, 0.1) is 0 Å². The summed E-state index contributed by atoms with van der Waals surface area (Å²) < 4.78 is 1.42. The van der Waals surface area contributed by atoms with Crippen LogP contribution < -0.4 is 0 Å². The fraction of sp³-hybridized carbons (Fsp3) is 0.125. The molecule has 66 valence electrons. The number of nitrogens with zero attached hydrogens (tertiary/aromatic N) is 4. The molecule has 0 amide bonds. The second-order valence-corrected chi connectivity index (χ2v) is 2.75. The molecule has 5 heteroatoms. The van der Waals surface area contributed by atoms with Crippen molar-refractivity contribution in [3.8, 4) is 11.4 Å². The predicted octanol–water partition coefficient (Wildman–Crippen LogP) is 0.676. The molecule has 0 saturated heterocycles. The molecule has 1 aromatic carbocycles. The average Bonchev–Trinajstić information content (AvgIpc) is 2.61. The van der Waals surface area contributed by atoms with Gasteiger partial charge in [-0.05, 0) is 35.0 Å². The molecule has 1 N–H and O–H groups in total. The Morgan fingerprint density at radius 3 is 2.92 bits per heavy atom. The van der Waals surface area contributed by atoms with E-state index in [1.54, 1.807) is 6.07 Å². The topological polar surface area (TPSA) is 63.8 Å². The largest absolute Gasteiger partial charge is 0.506 e. The number of aromatic hydroxyl groups is 1. The van der Waals surface area contributed by atoms with Crippen molar-refractivity contribution in [3.63, 3.8) is 0 Å². The van der Waals surface area contributed by atoms with Crippen molar-refractivity contribution >= 4 is 0 Å². The van der Waals surface area contributed by atoms with Crippen molar-refractivity contribution in [3.05, 3.63) is 30.1 Å². The van der Waals surface area contributed by atoms with E-state index in [1.807, 2.05) is 19.1 Å². The Morgan fingerprint density at radius 1 is 1.38 bits per heavy atom. The van der Waals surface area contributed by atoms with Gasteiger partial charge in [-0.15, -0.1) is 5.10 Å². The van der Waals surface area contributed by atoms with Crippen LogP contribution >= 0.6 is 0 Å². The van der Waals surface area contributed by atoms with Crippen LogP contribution in [0.5, 0.6) is 5.75 Å². The molecule has 0 atom stereocenters. The molecule has 13 heavy (non-hydrogen) atoms. The predicted molar refractivity (Wildman–Crippen MR) is 45.6 cm³/mol. The van der Waals surface area contributed by atoms with Gasteiger partial charge in [0.1, 0.15) is 17.8 Å². The molecule has 5 nitrogen and oxygen atoms in total. The van der Waals surface area contributed by atoms with Gasteiger partial charge in [-0.2, -0.15) is 4.68 Å². The number of rotatable bonds is 1. The third-order valence-corrected chi connectivity index (χ3v) is 1.73. The number of benzene rings is 1. The third kappa shape index (κ3) is 1.35. The number of tetrazole rings is 1. The molecule has 2 rings (SSSR count). The Kier molecular flexibility index (Phi) is 1.70. The van der Waals surface area contributed by atoms with Crippen molar-refractivity contribution in [1.29, 1.82) is 0 Å². The first-order valence-corrected chi connectivity index (χ1v) is 3.80. The number of phenolic OH excluding ortho intramolecular Hbond substituents is 1. The van der Waals surface area contributed by atoms with Crippen LogP contribution in [0, 0.1) is 6.92 Å². The van der Waals surface area contributed by atoms with Gasteiger partial charge in [-0.1, -0.05) is 6.07 Å². The van der Waals surface area contributed by atoms with Gasteiger partial charge in [-0.25, -0.2) is 0 Å². The van der Waals surface area contributed by atoms with Crippen LogP contribution in [-0.2, 0) is 0 Å². The summed E-state index contributed by atoms with van der Waals surface area (Å²) in [6, 6.07) is 5.25. The maximum absolute atomic E-state index is 9.49. The summed E-state index contributed by atoms with van der Waals surface area (Å²) in [7, 11) is 0. The van der Waals surface area contributed by atoms with Crippen LogP contribution in [0.3, 0.4) is 0 Å². The molecule has 0 spiro atoms. The highest BCUT2D eigenvalue weighted by Crippen LogP contribution is 2.20. The lowest BCUT2D eigenvalue weighted by atomic mass is 10.2. The highest BCUT2D eigenvalue weighted by atomic mass is 16.3. The van der Waals surface area contributed by atoms with Crippen LogP contribution in [-0.4, -0.2) is 25.3 Å². The van der Waals surface area contributed by atoms with Crippen molar-refractivity contribution in [2.75, 3.05) is 0 Å². The van der Waals surface area contributed by atoms with Gasteiger partial charge < -0.3 is 5.11 Å². The summed E-state index contributed by atoms with van der Waals surface area (Å²) in [5.74, 6) is 0.165. The highest BCUT2D eigenvalue weighted by molar-refractivity contribution is 5.46. The molecule has 0 aliphatic heterocycles. The van der Waals surface area contributed by atoms with E-state index in [-0.39, 0.29) is 5.75 Å². The zero-order valence-corrected chi connectivity index (χ0v) is 7.05. The van der Waals surface area contributed by atoms with Gasteiger partial charge in [0, 0.05) is 0 Å². The molecule has 0 aliphatic carbocycles. The summed E-state index contributed by atoms with van der Waals surface area (Å²) in [5, 5.41) is 20.2. The van der Waals surface area contributed by atoms with Gasteiger partial charge in [-0.3, -0.25) is 0 Å². The molecular formula is C8H8N4O. The molecule has 0 bridgehead atoms. The standard InChI is InChI=1S/C8H8N4O/c1-6-2-3-8(13)7(4-6)12-5-9-10-11-12/h2-5,13H,1H3. The lowest BCUT2D eigenvalue weighted by Crippen LogP contribution is -1.95. The Bertz CT molecular complexity index is 410. The number of aryl methyl sites for hydroxylation is 1. The second kappa shape index (κ2) is 2.85. The van der Waals surface area contributed by atoms with E-state index in [0.717, 1.165) is 5.56 Å². The fourth-order valence-electron chi connectivity index (χ4n) is 1.09. The molecule has 0 unspecified atom stereocenters. The van der Waals surface area contributed by atoms with Gasteiger partial charge >= 0.3 is 0 Å². The normalized spacial score (nSPS) is 10.2. The average molecular weight is 176 g/mol. The SMILES string of the molecule is Cc1ccc(O)c(-n2cnnn2)c1. The molecular weight excluding hydrogens is 168 g/mol. The quantitative estimate of drug-likeness (QED) is 0.693. The zero-order chi connectivity index (χ0) is 9.26. The molecule has 1 heterocycles. The number of hydrogen-bond acceptors (Lipinski definition) is 4. The minimum absolute atomic E-state index is 0.165. The summed E-state index contributed by atoms with van der Waals surface area (Å²) in [4.78, 5) is 0. The Hall–Kier alpha value is -1.91. The van der Waals surface area contributed by atoms with Crippen LogP contribution in [0.2, 0.25) is 0 Å². The van der Waals surface area contributed by atoms with E-state index in [4.69, 9.17) is 0 Å². The first-order chi connectivity index (χ1) is 6.27. The van der Waals surface area contributed by atoms with Crippen LogP contribution in [0.1, 0.15) is 5.56 Å². The van der Waals surface area contributed by atoms with E-state index in [9.17, 15) is 5.11 Å². The monoisotopic (exact) mass is 176 g/mol. The molecule has 1 aromatic heterocycles. The minimum Gasteiger partial charge on any atom is -0.506 e. The van der Waals surface area contributed by atoms with Crippen molar-refractivity contribution < 1.29 is 5.11 Å². The number of phenols is 1. The lowest BCUT2D eigenvalue weighted by Gasteiger charge is -2.02. The van der Waals surface area contributed by atoms with E-state index in [1.165, 1.54) is 11.0 Å². The van der Waals surface area contributed by atoms with E-state index < -0.39 is 0 Å². The van der Waals surface area contributed by atoms with E-state index in [0.29, 0.717) is 5.69 Å². The second-order valence-electron chi connectivity index (χ2n) is 2.75. The van der Waals surface area contributed by atoms with Gasteiger partial charge in [0.25, 0.3) is 0 Å². The van der Waals surface area contributed by atoms with Gasteiger partial charge in [0.2, 0.25) is 0 Å². The Morgan fingerprint density at radius 2 is 2.23 bits per heavy atom. The van der Waals surface area contributed by atoms with Crippen LogP contribution in [0.25, 0.3) is 5.69 Å². The van der Waals surface area contributed by atoms with Crippen LogP contribution in [0.4, 0.5) is 0 Å². The summed E-state index contributed by atoms with van der Waals surface area (Å²) in [6.45, 7) is 1.94. The smallest absolute Gasteiger partial charge is 0.144 e. The Labute approximate surface area is 74.6 Å². The van der Waals surface area contributed by atoms with Gasteiger partial charge in [0.15, 0.2) is 0 Å². The van der Waals surface area contributed by atoms with E-state index >= 15 is 0 Å². The molecule has 0 aliphatic rings. The lowest BCUT2D eigenvalue weighted by molar-refractivity contribution is 0.469. The Balaban J connectivity index is 2.57. The summed E-state index contributed by atoms with van der Waals surface area (Å²) in [6.07, 6.45) is 1.44. The molecule has 2 aromatic rings. The maximum atomic E-state index is 9.49. The first-order valence-electron chi connectivity index (χ1n) is 3.80. The summed E-state index contributed by atoms with van der Waals surface area (Å²) >= 11 is 0. The van der Waals surface area contributed by atoms with Crippen molar-refractivity contribution in [1.82, 2.24) is 20.2 Å². The molecule has 0 radical (unpaired) electrons. The summed E-state index contributed by atoms with van der Waals surface area (Å²) in [5.41, 5.74) is 1.63. The molecule has 0 fully saturated rings. The zero-order valence-electron chi connectivity index (χ0n) is 7.05. The fourth-order valence-corrected chi connectivity index (χ4v) is 1.09. The highest BCUT2D eigenvalue weighted by Gasteiger charge is 2.03. The van der Waals surface area contributed by atoms with Crippen molar-refractivity contribution in [2.24, 2.45) is 0 Å². The molecule has 0 saturated carbocycles. The third-order valence-electron chi connectivity index (χ3n) is 1.73. The maximum Gasteiger partial charge on any atom is 0.144 e.